The maximum Gasteiger partial charge on any atom is 0.311 e. The molecule has 0 fully saturated rings. The summed E-state index contributed by atoms with van der Waals surface area (Å²) in [5, 5.41) is 15.9. The molecule has 0 aliphatic heterocycles. The van der Waals surface area contributed by atoms with Gasteiger partial charge in [-0.1, -0.05) is 0 Å². The lowest BCUT2D eigenvalue weighted by Crippen LogP contribution is -2.03. The van der Waals surface area contributed by atoms with Crippen molar-refractivity contribution in [3.8, 4) is 0 Å². The minimum absolute atomic E-state index is 0.0444. The predicted octanol–water partition coefficient (Wildman–Crippen LogP) is 4.19. The third-order valence-corrected chi connectivity index (χ3v) is 4.72. The number of nitrogens with zero attached hydrogens (tertiary/aromatic N) is 2. The number of pyridine rings is 1. The summed E-state index contributed by atoms with van der Waals surface area (Å²) in [5.74, 6) is 0. The van der Waals surface area contributed by atoms with Crippen LogP contribution in [-0.2, 0) is 6.54 Å². The fourth-order valence-electron chi connectivity index (χ4n) is 1.36. The van der Waals surface area contributed by atoms with Crippen LogP contribution < -0.4 is 5.32 Å². The maximum absolute atomic E-state index is 10.9. The molecule has 0 saturated carbocycles. The molecule has 0 saturated heterocycles. The van der Waals surface area contributed by atoms with Gasteiger partial charge < -0.3 is 5.32 Å². The molecule has 2 rings (SSSR count). The molecule has 1 N–H and O–H groups in total. The van der Waals surface area contributed by atoms with Crippen LogP contribution in [0, 0.1) is 10.1 Å². The molecule has 2 aromatic heterocycles. The molecule has 0 radical (unpaired) electrons. The van der Waals surface area contributed by atoms with E-state index in [0.717, 1.165) is 9.35 Å². The molecule has 0 unspecified atom stereocenters. The highest BCUT2D eigenvalue weighted by molar-refractivity contribution is 9.11. The number of aromatic nitrogens is 1. The molecule has 0 amide bonds. The number of nitrogens with one attached hydrogen (secondary N) is 1. The van der Waals surface area contributed by atoms with Crippen LogP contribution in [0.1, 0.15) is 4.88 Å². The molecular formula is C10H7Br2N3O2S. The van der Waals surface area contributed by atoms with E-state index < -0.39 is 4.92 Å². The first kappa shape index (κ1) is 13.4. The molecule has 2 heterocycles. The van der Waals surface area contributed by atoms with E-state index in [1.54, 1.807) is 11.3 Å². The van der Waals surface area contributed by atoms with Crippen molar-refractivity contribution in [1.29, 1.82) is 0 Å². The van der Waals surface area contributed by atoms with Crippen LogP contribution in [0.3, 0.4) is 0 Å². The van der Waals surface area contributed by atoms with Crippen LogP contribution in [0.2, 0.25) is 0 Å². The average Bonchev–Trinajstić information content (AvgIpc) is 2.73. The van der Waals surface area contributed by atoms with E-state index in [-0.39, 0.29) is 5.69 Å². The highest BCUT2D eigenvalue weighted by Crippen LogP contribution is 2.32. The zero-order valence-electron chi connectivity index (χ0n) is 8.89. The Morgan fingerprint density at radius 3 is 2.78 bits per heavy atom. The van der Waals surface area contributed by atoms with Gasteiger partial charge in [0.1, 0.15) is 11.9 Å². The van der Waals surface area contributed by atoms with Crippen molar-refractivity contribution in [2.24, 2.45) is 0 Å². The largest absolute Gasteiger partial charge is 0.374 e. The standard InChI is InChI=1S/C10H7Br2N3O2S/c11-6-1-2-18-9(6)5-14-10-7(12)3-13-4-8(10)15(16)17/h1-4H,5H2,(H,13,14). The van der Waals surface area contributed by atoms with E-state index in [9.17, 15) is 10.1 Å². The zero-order chi connectivity index (χ0) is 13.1. The van der Waals surface area contributed by atoms with Crippen molar-refractivity contribution in [3.63, 3.8) is 0 Å². The molecule has 8 heteroatoms. The van der Waals surface area contributed by atoms with Crippen LogP contribution in [-0.4, -0.2) is 9.91 Å². The predicted molar refractivity (Wildman–Crippen MR) is 77.9 cm³/mol. The lowest BCUT2D eigenvalue weighted by atomic mass is 10.3. The van der Waals surface area contributed by atoms with E-state index in [0.29, 0.717) is 16.7 Å². The summed E-state index contributed by atoms with van der Waals surface area (Å²) in [7, 11) is 0. The molecular weight excluding hydrogens is 386 g/mol. The quantitative estimate of drug-likeness (QED) is 0.625. The van der Waals surface area contributed by atoms with Crippen molar-refractivity contribution in [1.82, 2.24) is 4.98 Å². The summed E-state index contributed by atoms with van der Waals surface area (Å²) in [6.45, 7) is 0.516. The zero-order valence-corrected chi connectivity index (χ0v) is 12.9. The van der Waals surface area contributed by atoms with Gasteiger partial charge in [0.25, 0.3) is 0 Å². The molecule has 5 nitrogen and oxygen atoms in total. The summed E-state index contributed by atoms with van der Waals surface area (Å²) in [6, 6.07) is 1.94. The number of anilines is 1. The van der Waals surface area contributed by atoms with E-state index in [1.807, 2.05) is 11.4 Å². The molecule has 94 valence electrons. The Labute approximate surface area is 124 Å². The molecule has 0 spiro atoms. The Morgan fingerprint density at radius 2 is 2.17 bits per heavy atom. The van der Waals surface area contributed by atoms with Crippen molar-refractivity contribution in [2.45, 2.75) is 6.54 Å². The van der Waals surface area contributed by atoms with Gasteiger partial charge >= 0.3 is 5.69 Å². The smallest absolute Gasteiger partial charge is 0.311 e. The lowest BCUT2D eigenvalue weighted by Gasteiger charge is -2.07. The molecule has 0 bridgehead atoms. The van der Waals surface area contributed by atoms with Gasteiger partial charge in [0, 0.05) is 15.5 Å². The minimum Gasteiger partial charge on any atom is -0.374 e. The van der Waals surface area contributed by atoms with Gasteiger partial charge in [0.15, 0.2) is 0 Å². The second kappa shape index (κ2) is 5.77. The number of rotatable bonds is 4. The van der Waals surface area contributed by atoms with Gasteiger partial charge in [-0.05, 0) is 43.3 Å². The first-order chi connectivity index (χ1) is 8.59. The Kier molecular flexibility index (Phi) is 4.31. The van der Waals surface area contributed by atoms with Gasteiger partial charge in [-0.3, -0.25) is 15.1 Å². The molecule has 0 aliphatic carbocycles. The Morgan fingerprint density at radius 1 is 1.39 bits per heavy atom. The summed E-state index contributed by atoms with van der Waals surface area (Å²) in [4.78, 5) is 15.3. The normalized spacial score (nSPS) is 10.3. The maximum atomic E-state index is 10.9. The summed E-state index contributed by atoms with van der Waals surface area (Å²) in [6.07, 6.45) is 2.76. The molecule has 18 heavy (non-hydrogen) atoms. The Hall–Kier alpha value is -0.990. The van der Waals surface area contributed by atoms with Crippen molar-refractivity contribution >= 4 is 54.6 Å². The number of hydrogen-bond acceptors (Lipinski definition) is 5. The van der Waals surface area contributed by atoms with Gasteiger partial charge in [0.2, 0.25) is 0 Å². The number of halogens is 2. The summed E-state index contributed by atoms with van der Waals surface area (Å²) in [5.41, 5.74) is 0.396. The van der Waals surface area contributed by atoms with Gasteiger partial charge in [-0.25, -0.2) is 0 Å². The van der Waals surface area contributed by atoms with Gasteiger partial charge in [0.05, 0.1) is 15.9 Å². The summed E-state index contributed by atoms with van der Waals surface area (Å²) >= 11 is 8.26. The second-order valence-electron chi connectivity index (χ2n) is 3.32. The molecule has 0 aromatic carbocycles. The first-order valence-electron chi connectivity index (χ1n) is 4.83. The molecule has 0 aliphatic rings. The Bertz CT molecular complexity index is 588. The second-order valence-corrected chi connectivity index (χ2v) is 6.03. The van der Waals surface area contributed by atoms with Crippen molar-refractivity contribution in [2.75, 3.05) is 5.32 Å². The highest BCUT2D eigenvalue weighted by Gasteiger charge is 2.17. The van der Waals surface area contributed by atoms with Crippen molar-refractivity contribution < 1.29 is 4.92 Å². The number of hydrogen-bond donors (Lipinski definition) is 1. The van der Waals surface area contributed by atoms with E-state index in [2.05, 4.69) is 42.2 Å². The van der Waals surface area contributed by atoms with Crippen LogP contribution in [0.5, 0.6) is 0 Å². The fraction of sp³-hybridized carbons (Fsp3) is 0.100. The fourth-order valence-corrected chi connectivity index (χ4v) is 3.25. The van der Waals surface area contributed by atoms with Gasteiger partial charge in [-0.2, -0.15) is 0 Å². The minimum atomic E-state index is -0.455. The Balaban J connectivity index is 2.24. The average molecular weight is 393 g/mol. The highest BCUT2D eigenvalue weighted by atomic mass is 79.9. The van der Waals surface area contributed by atoms with Crippen molar-refractivity contribution in [3.05, 3.63) is 47.8 Å². The van der Waals surface area contributed by atoms with Crippen LogP contribution in [0.4, 0.5) is 11.4 Å². The number of thiophene rings is 1. The monoisotopic (exact) mass is 391 g/mol. The third kappa shape index (κ3) is 2.88. The van der Waals surface area contributed by atoms with Crippen LogP contribution >= 0.6 is 43.2 Å². The first-order valence-corrected chi connectivity index (χ1v) is 7.30. The van der Waals surface area contributed by atoms with Gasteiger partial charge in [-0.15, -0.1) is 11.3 Å². The summed E-state index contributed by atoms with van der Waals surface area (Å²) < 4.78 is 1.57. The lowest BCUT2D eigenvalue weighted by molar-refractivity contribution is -0.384. The third-order valence-electron chi connectivity index (χ3n) is 2.19. The number of nitro groups is 1. The van der Waals surface area contributed by atoms with E-state index in [1.165, 1.54) is 12.4 Å². The van der Waals surface area contributed by atoms with E-state index in [4.69, 9.17) is 0 Å². The van der Waals surface area contributed by atoms with Crippen LogP contribution in [0.25, 0.3) is 0 Å². The van der Waals surface area contributed by atoms with Crippen LogP contribution in [0.15, 0.2) is 32.8 Å². The molecule has 0 atom stereocenters. The SMILES string of the molecule is O=[N+]([O-])c1cncc(Br)c1NCc1sccc1Br. The van der Waals surface area contributed by atoms with E-state index >= 15 is 0 Å². The molecule has 2 aromatic rings. The topological polar surface area (TPSA) is 68.1 Å².